The summed E-state index contributed by atoms with van der Waals surface area (Å²) in [4.78, 5) is 13.4. The predicted molar refractivity (Wildman–Crippen MR) is 127 cm³/mol. The highest BCUT2D eigenvalue weighted by molar-refractivity contribution is 6.38. The highest BCUT2D eigenvalue weighted by atomic mass is 35.5. The molecule has 1 aliphatic rings. The fourth-order valence-corrected chi connectivity index (χ4v) is 5.04. The summed E-state index contributed by atoms with van der Waals surface area (Å²) in [5.74, 6) is -0.00447. The van der Waals surface area contributed by atoms with Crippen molar-refractivity contribution in [3.05, 3.63) is 119 Å². The highest BCUT2D eigenvalue weighted by Gasteiger charge is 2.32. The molecule has 0 spiro atoms. The average Bonchev–Trinajstić information content (AvgIpc) is 3.13. The van der Waals surface area contributed by atoms with Crippen LogP contribution in [0.15, 0.2) is 97.1 Å². The number of carbonyl (C=O) groups excluding carboxylic acids is 1. The number of hydrogen-bond donors (Lipinski definition) is 0. The first kappa shape index (κ1) is 18.2. The van der Waals surface area contributed by atoms with Crippen molar-refractivity contribution >= 4 is 28.3 Å². The van der Waals surface area contributed by atoms with E-state index in [4.69, 9.17) is 11.6 Å². The van der Waals surface area contributed by atoms with Gasteiger partial charge < -0.3 is 4.57 Å². The molecule has 0 amide bonds. The van der Waals surface area contributed by atoms with Crippen LogP contribution in [0.2, 0.25) is 5.02 Å². The molecule has 2 nitrogen and oxygen atoms in total. The maximum Gasteiger partial charge on any atom is 0.195 e. The number of carbonyl (C=O) groups is 1. The number of halogens is 1. The minimum atomic E-state index is -0.00447. The third-order valence-electron chi connectivity index (χ3n) is 6.08. The molecule has 5 aromatic rings. The summed E-state index contributed by atoms with van der Waals surface area (Å²) < 4.78 is 2.34. The number of rotatable bonds is 3. The van der Waals surface area contributed by atoms with E-state index < -0.39 is 0 Å². The second-order valence-electron chi connectivity index (χ2n) is 7.85. The Bertz CT molecular complexity index is 1470. The Morgan fingerprint density at radius 1 is 0.677 bits per heavy atom. The SMILES string of the molecule is O=C1c2c(Cl)cccc2-c2c(-c3ccccc3)n(Cc3ccccc3)c3cccc1c23. The monoisotopic (exact) mass is 419 g/mol. The zero-order valence-electron chi connectivity index (χ0n) is 16.7. The molecule has 1 heterocycles. The van der Waals surface area contributed by atoms with Gasteiger partial charge in [-0.25, -0.2) is 0 Å². The van der Waals surface area contributed by atoms with Gasteiger partial charge in [0.1, 0.15) is 0 Å². The van der Waals surface area contributed by atoms with Crippen molar-refractivity contribution in [3.8, 4) is 22.4 Å². The summed E-state index contributed by atoms with van der Waals surface area (Å²) in [6.07, 6.45) is 0. The first-order chi connectivity index (χ1) is 15.2. The molecule has 0 saturated carbocycles. The van der Waals surface area contributed by atoms with Crippen molar-refractivity contribution in [3.63, 3.8) is 0 Å². The van der Waals surface area contributed by atoms with E-state index in [1.54, 1.807) is 6.07 Å². The van der Waals surface area contributed by atoms with E-state index in [1.807, 2.05) is 36.4 Å². The molecule has 1 aromatic heterocycles. The van der Waals surface area contributed by atoms with Crippen molar-refractivity contribution in [1.29, 1.82) is 0 Å². The van der Waals surface area contributed by atoms with Crippen LogP contribution < -0.4 is 0 Å². The van der Waals surface area contributed by atoms with Gasteiger partial charge in [0.15, 0.2) is 5.78 Å². The van der Waals surface area contributed by atoms with Gasteiger partial charge in [0.05, 0.1) is 16.2 Å². The summed E-state index contributed by atoms with van der Waals surface area (Å²) >= 11 is 6.55. The van der Waals surface area contributed by atoms with Crippen molar-refractivity contribution in [2.75, 3.05) is 0 Å². The van der Waals surface area contributed by atoms with Gasteiger partial charge in [-0.2, -0.15) is 0 Å². The number of hydrogen-bond acceptors (Lipinski definition) is 1. The molecular weight excluding hydrogens is 402 g/mol. The number of ketones is 1. The molecule has 148 valence electrons. The van der Waals surface area contributed by atoms with Gasteiger partial charge in [-0.05, 0) is 28.8 Å². The predicted octanol–water partition coefficient (Wildman–Crippen LogP) is 7.22. The second kappa shape index (κ2) is 6.97. The lowest BCUT2D eigenvalue weighted by Gasteiger charge is -2.18. The highest BCUT2D eigenvalue weighted by Crippen LogP contribution is 2.48. The van der Waals surface area contributed by atoms with E-state index in [0.29, 0.717) is 10.6 Å². The Morgan fingerprint density at radius 3 is 2.13 bits per heavy atom. The van der Waals surface area contributed by atoms with Gasteiger partial charge in [0.2, 0.25) is 0 Å². The molecule has 0 bridgehead atoms. The van der Waals surface area contributed by atoms with E-state index in [1.165, 1.54) is 5.56 Å². The topological polar surface area (TPSA) is 22.0 Å². The van der Waals surface area contributed by atoms with Gasteiger partial charge in [-0.1, -0.05) is 96.5 Å². The van der Waals surface area contributed by atoms with E-state index in [-0.39, 0.29) is 5.78 Å². The minimum Gasteiger partial charge on any atom is -0.335 e. The van der Waals surface area contributed by atoms with Gasteiger partial charge in [-0.15, -0.1) is 0 Å². The average molecular weight is 420 g/mol. The lowest BCUT2D eigenvalue weighted by Crippen LogP contribution is -2.09. The number of fused-ring (bicyclic) bond motifs is 2. The largest absolute Gasteiger partial charge is 0.335 e. The molecule has 1 aliphatic carbocycles. The molecule has 0 aliphatic heterocycles. The molecular formula is C28H18ClNO. The van der Waals surface area contributed by atoms with Crippen molar-refractivity contribution in [2.24, 2.45) is 0 Å². The van der Waals surface area contributed by atoms with Crippen LogP contribution >= 0.6 is 11.6 Å². The van der Waals surface area contributed by atoms with Crippen LogP contribution in [-0.2, 0) is 6.54 Å². The summed E-state index contributed by atoms with van der Waals surface area (Å²) in [5, 5.41) is 1.51. The maximum absolute atomic E-state index is 13.4. The van der Waals surface area contributed by atoms with Gasteiger partial charge >= 0.3 is 0 Å². The molecule has 0 saturated heterocycles. The summed E-state index contributed by atoms with van der Waals surface area (Å²) in [6, 6.07) is 32.6. The van der Waals surface area contributed by atoms with Gasteiger partial charge in [-0.3, -0.25) is 4.79 Å². The molecule has 0 unspecified atom stereocenters. The Morgan fingerprint density at radius 2 is 1.35 bits per heavy atom. The normalized spacial score (nSPS) is 12.2. The fourth-order valence-electron chi connectivity index (χ4n) is 4.78. The standard InChI is InChI=1S/C28H18ClNO/c29-22-15-7-13-20-24(22)28(31)21-14-8-16-23-25(21)26(20)27(19-11-5-2-6-12-19)30(23)17-18-9-3-1-4-10-18/h1-16H,17H2. The van der Waals surface area contributed by atoms with E-state index in [0.717, 1.165) is 45.4 Å². The lowest BCUT2D eigenvalue weighted by molar-refractivity contribution is 0.104. The van der Waals surface area contributed by atoms with E-state index >= 15 is 0 Å². The number of benzene rings is 4. The Hall–Kier alpha value is -3.62. The molecule has 0 fully saturated rings. The molecule has 0 radical (unpaired) electrons. The van der Waals surface area contributed by atoms with E-state index in [9.17, 15) is 4.79 Å². The Kier molecular flexibility index (Phi) is 4.09. The number of nitrogens with zero attached hydrogens (tertiary/aromatic N) is 1. The molecule has 0 N–H and O–H groups in total. The third kappa shape index (κ3) is 2.69. The van der Waals surface area contributed by atoms with Crippen molar-refractivity contribution in [1.82, 2.24) is 4.57 Å². The lowest BCUT2D eigenvalue weighted by atomic mass is 9.84. The number of aromatic nitrogens is 1. The van der Waals surface area contributed by atoms with Gasteiger partial charge in [0, 0.05) is 28.6 Å². The molecule has 3 heteroatoms. The zero-order chi connectivity index (χ0) is 20.9. The third-order valence-corrected chi connectivity index (χ3v) is 6.39. The molecule has 6 rings (SSSR count). The summed E-state index contributed by atoms with van der Waals surface area (Å²) in [6.45, 7) is 0.717. The zero-order valence-corrected chi connectivity index (χ0v) is 17.4. The quantitative estimate of drug-likeness (QED) is 0.296. The summed E-state index contributed by atoms with van der Waals surface area (Å²) in [7, 11) is 0. The second-order valence-corrected chi connectivity index (χ2v) is 8.26. The van der Waals surface area contributed by atoms with Crippen LogP contribution in [0.3, 0.4) is 0 Å². The van der Waals surface area contributed by atoms with Crippen molar-refractivity contribution in [2.45, 2.75) is 6.54 Å². The van der Waals surface area contributed by atoms with Crippen LogP contribution in [-0.4, -0.2) is 10.4 Å². The maximum atomic E-state index is 13.4. The first-order valence-corrected chi connectivity index (χ1v) is 10.7. The fraction of sp³-hybridized carbons (Fsp3) is 0.0357. The van der Waals surface area contributed by atoms with Crippen LogP contribution in [0, 0.1) is 0 Å². The van der Waals surface area contributed by atoms with Crippen LogP contribution in [0.25, 0.3) is 33.3 Å². The smallest absolute Gasteiger partial charge is 0.195 e. The Balaban J connectivity index is 1.78. The summed E-state index contributed by atoms with van der Waals surface area (Å²) in [5.41, 5.74) is 7.82. The van der Waals surface area contributed by atoms with Crippen LogP contribution in [0.4, 0.5) is 0 Å². The van der Waals surface area contributed by atoms with Crippen LogP contribution in [0.5, 0.6) is 0 Å². The molecule has 0 atom stereocenters. The van der Waals surface area contributed by atoms with Crippen LogP contribution in [0.1, 0.15) is 21.5 Å². The van der Waals surface area contributed by atoms with Gasteiger partial charge in [0.25, 0.3) is 0 Å². The minimum absolute atomic E-state index is 0.00447. The van der Waals surface area contributed by atoms with Crippen molar-refractivity contribution < 1.29 is 4.79 Å². The Labute approximate surface area is 185 Å². The van der Waals surface area contributed by atoms with E-state index in [2.05, 4.69) is 59.2 Å². The molecule has 31 heavy (non-hydrogen) atoms. The first-order valence-electron chi connectivity index (χ1n) is 10.3. The molecule has 4 aromatic carbocycles.